The van der Waals surface area contributed by atoms with Crippen molar-refractivity contribution in [2.24, 2.45) is 0 Å². The minimum absolute atomic E-state index is 0.00668. The zero-order valence-corrected chi connectivity index (χ0v) is 11.7. The van der Waals surface area contributed by atoms with Gasteiger partial charge < -0.3 is 10.1 Å². The van der Waals surface area contributed by atoms with Crippen LogP contribution < -0.4 is 5.32 Å². The van der Waals surface area contributed by atoms with Crippen LogP contribution in [0.5, 0.6) is 0 Å². The van der Waals surface area contributed by atoms with Crippen LogP contribution in [-0.2, 0) is 4.74 Å². The normalized spacial score (nSPS) is 10.2. The summed E-state index contributed by atoms with van der Waals surface area (Å²) in [6.07, 6.45) is 0. The van der Waals surface area contributed by atoms with Crippen molar-refractivity contribution in [3.05, 3.63) is 45.9 Å². The molecule has 0 fully saturated rings. The van der Waals surface area contributed by atoms with Crippen molar-refractivity contribution in [1.29, 1.82) is 0 Å². The molecular weight excluding hydrogens is 302 g/mol. The summed E-state index contributed by atoms with van der Waals surface area (Å²) < 4.78 is 30.6. The number of hydrogen-bond acceptors (Lipinski definition) is 5. The molecule has 8 heteroatoms. The van der Waals surface area contributed by atoms with Crippen LogP contribution in [0.1, 0.15) is 27.2 Å². The highest BCUT2D eigenvalue weighted by Gasteiger charge is 2.16. The van der Waals surface area contributed by atoms with Crippen LogP contribution in [0.15, 0.2) is 23.6 Å². The number of thiazole rings is 1. The van der Waals surface area contributed by atoms with Crippen LogP contribution in [-0.4, -0.2) is 23.5 Å². The number of ether oxygens (including phenoxy) is 1. The number of carbonyl (C=O) groups is 2. The van der Waals surface area contributed by atoms with E-state index in [9.17, 15) is 18.4 Å². The zero-order chi connectivity index (χ0) is 15.4. The second-order valence-electron chi connectivity index (χ2n) is 3.84. The Labute approximate surface area is 122 Å². The lowest BCUT2D eigenvalue weighted by Gasteiger charge is -2.03. The quantitative estimate of drug-likeness (QED) is 0.882. The fourth-order valence-electron chi connectivity index (χ4n) is 1.43. The van der Waals surface area contributed by atoms with E-state index < -0.39 is 23.5 Å². The minimum Gasteiger partial charge on any atom is -0.461 e. The topological polar surface area (TPSA) is 68.3 Å². The summed E-state index contributed by atoms with van der Waals surface area (Å²) in [7, 11) is 0. The Morgan fingerprint density at radius 3 is 2.76 bits per heavy atom. The molecule has 1 amide bonds. The molecule has 5 nitrogen and oxygen atoms in total. The standard InChI is InChI=1S/C13H10F2N2O3S/c1-2-20-13(19)12-17-10(6-21-12)11(18)16-7-3-4-8(14)9(15)5-7/h3-6H,2H2,1H3,(H,16,18). The molecule has 0 aliphatic carbocycles. The maximum absolute atomic E-state index is 13.0. The number of nitrogens with one attached hydrogen (secondary N) is 1. The lowest BCUT2D eigenvalue weighted by Crippen LogP contribution is -2.13. The summed E-state index contributed by atoms with van der Waals surface area (Å²) in [5, 5.41) is 3.78. The number of nitrogens with zero attached hydrogens (tertiary/aromatic N) is 1. The number of halogens is 2. The van der Waals surface area contributed by atoms with Crippen molar-refractivity contribution in [2.75, 3.05) is 11.9 Å². The number of carbonyl (C=O) groups excluding carboxylic acids is 2. The van der Waals surface area contributed by atoms with Gasteiger partial charge in [-0.3, -0.25) is 4.79 Å². The molecule has 0 spiro atoms. The number of rotatable bonds is 4. The van der Waals surface area contributed by atoms with Gasteiger partial charge in [0.05, 0.1) is 6.61 Å². The van der Waals surface area contributed by atoms with E-state index in [0.29, 0.717) is 0 Å². The number of anilines is 1. The van der Waals surface area contributed by atoms with E-state index in [4.69, 9.17) is 4.74 Å². The Bertz CT molecular complexity index is 688. The van der Waals surface area contributed by atoms with Gasteiger partial charge in [0, 0.05) is 17.1 Å². The molecular formula is C13H10F2N2O3S. The lowest BCUT2D eigenvalue weighted by atomic mass is 10.3. The SMILES string of the molecule is CCOC(=O)c1nc(C(=O)Nc2ccc(F)c(F)c2)cs1. The molecule has 1 heterocycles. The van der Waals surface area contributed by atoms with Crippen molar-refractivity contribution in [3.63, 3.8) is 0 Å². The van der Waals surface area contributed by atoms with Crippen LogP contribution in [0, 0.1) is 11.6 Å². The van der Waals surface area contributed by atoms with Crippen LogP contribution in [0.4, 0.5) is 14.5 Å². The van der Waals surface area contributed by atoms with Crippen LogP contribution in [0.25, 0.3) is 0 Å². The second kappa shape index (κ2) is 6.40. The van der Waals surface area contributed by atoms with E-state index in [1.54, 1.807) is 6.92 Å². The summed E-state index contributed by atoms with van der Waals surface area (Å²) in [4.78, 5) is 27.1. The Kier molecular flexibility index (Phi) is 4.59. The third kappa shape index (κ3) is 3.60. The first-order valence-corrected chi connectivity index (χ1v) is 6.78. The van der Waals surface area contributed by atoms with Gasteiger partial charge in [-0.25, -0.2) is 18.6 Å². The molecule has 0 bridgehead atoms. The van der Waals surface area contributed by atoms with Gasteiger partial charge in [-0.15, -0.1) is 11.3 Å². The molecule has 2 aromatic rings. The monoisotopic (exact) mass is 312 g/mol. The fraction of sp³-hybridized carbons (Fsp3) is 0.154. The van der Waals surface area contributed by atoms with E-state index in [0.717, 1.165) is 23.5 Å². The first kappa shape index (κ1) is 15.0. The maximum Gasteiger partial charge on any atom is 0.367 e. The molecule has 110 valence electrons. The van der Waals surface area contributed by atoms with Crippen LogP contribution >= 0.6 is 11.3 Å². The summed E-state index contributed by atoms with van der Waals surface area (Å²) in [5.41, 5.74) is 0.0809. The van der Waals surface area contributed by atoms with Gasteiger partial charge in [-0.05, 0) is 19.1 Å². The number of esters is 1. The molecule has 0 aliphatic rings. The second-order valence-corrected chi connectivity index (χ2v) is 4.70. The number of hydrogen-bond donors (Lipinski definition) is 1. The van der Waals surface area contributed by atoms with Crippen molar-refractivity contribution in [1.82, 2.24) is 4.98 Å². The van der Waals surface area contributed by atoms with E-state index in [2.05, 4.69) is 10.3 Å². The van der Waals surface area contributed by atoms with E-state index in [1.165, 1.54) is 11.4 Å². The van der Waals surface area contributed by atoms with Gasteiger partial charge in [0.1, 0.15) is 5.69 Å². The van der Waals surface area contributed by atoms with Gasteiger partial charge in [-0.1, -0.05) is 0 Å². The predicted molar refractivity (Wildman–Crippen MR) is 72.4 cm³/mol. The Balaban J connectivity index is 2.10. The first-order valence-electron chi connectivity index (χ1n) is 5.90. The number of amides is 1. The van der Waals surface area contributed by atoms with E-state index >= 15 is 0 Å². The molecule has 0 atom stereocenters. The Morgan fingerprint density at radius 1 is 1.33 bits per heavy atom. The average Bonchev–Trinajstić information content (AvgIpc) is 2.93. The summed E-state index contributed by atoms with van der Waals surface area (Å²) in [6.45, 7) is 1.86. The summed E-state index contributed by atoms with van der Waals surface area (Å²) in [5.74, 6) is -3.33. The van der Waals surface area contributed by atoms with Crippen LogP contribution in [0.3, 0.4) is 0 Å². The Hall–Kier alpha value is -2.35. The molecule has 21 heavy (non-hydrogen) atoms. The molecule has 0 saturated carbocycles. The molecule has 1 aromatic carbocycles. The highest BCUT2D eigenvalue weighted by molar-refractivity contribution is 7.11. The van der Waals surface area contributed by atoms with E-state index in [-0.39, 0.29) is 23.0 Å². The fourth-order valence-corrected chi connectivity index (χ4v) is 2.12. The molecule has 0 aliphatic heterocycles. The number of benzene rings is 1. The van der Waals surface area contributed by atoms with Crippen molar-refractivity contribution < 1.29 is 23.1 Å². The zero-order valence-electron chi connectivity index (χ0n) is 10.9. The molecule has 0 radical (unpaired) electrons. The third-order valence-electron chi connectivity index (χ3n) is 2.36. The van der Waals surface area contributed by atoms with Gasteiger partial charge in [0.25, 0.3) is 5.91 Å². The highest BCUT2D eigenvalue weighted by Crippen LogP contribution is 2.16. The lowest BCUT2D eigenvalue weighted by molar-refractivity contribution is 0.0526. The molecule has 0 unspecified atom stereocenters. The minimum atomic E-state index is -1.07. The summed E-state index contributed by atoms with van der Waals surface area (Å²) in [6, 6.07) is 2.97. The third-order valence-corrected chi connectivity index (χ3v) is 3.19. The van der Waals surface area contributed by atoms with E-state index in [1.807, 2.05) is 0 Å². The highest BCUT2D eigenvalue weighted by atomic mass is 32.1. The first-order chi connectivity index (χ1) is 10.0. The average molecular weight is 312 g/mol. The van der Waals surface area contributed by atoms with Gasteiger partial charge in [-0.2, -0.15) is 0 Å². The molecule has 0 saturated heterocycles. The maximum atomic E-state index is 13.0. The van der Waals surface area contributed by atoms with Crippen LogP contribution in [0.2, 0.25) is 0 Å². The molecule has 1 aromatic heterocycles. The van der Waals surface area contributed by atoms with Gasteiger partial charge in [0.2, 0.25) is 5.01 Å². The molecule has 1 N–H and O–H groups in total. The van der Waals surface area contributed by atoms with Gasteiger partial charge >= 0.3 is 5.97 Å². The van der Waals surface area contributed by atoms with Crippen molar-refractivity contribution >= 4 is 28.9 Å². The number of aromatic nitrogens is 1. The van der Waals surface area contributed by atoms with Crippen molar-refractivity contribution in [3.8, 4) is 0 Å². The molecule has 2 rings (SSSR count). The summed E-state index contributed by atoms with van der Waals surface area (Å²) >= 11 is 0.962. The smallest absolute Gasteiger partial charge is 0.367 e. The predicted octanol–water partition coefficient (Wildman–Crippen LogP) is 2.85. The van der Waals surface area contributed by atoms with Gasteiger partial charge in [0.15, 0.2) is 11.6 Å². The largest absolute Gasteiger partial charge is 0.461 e. The Morgan fingerprint density at radius 2 is 2.10 bits per heavy atom. The van der Waals surface area contributed by atoms with Crippen molar-refractivity contribution in [2.45, 2.75) is 6.92 Å².